The van der Waals surface area contributed by atoms with E-state index in [4.69, 9.17) is 5.73 Å². The molecule has 3 N–H and O–H groups in total. The number of rotatable bonds is 4. The number of likely N-dealkylation sites (tertiary alicyclic amines) is 1. The lowest BCUT2D eigenvalue weighted by Crippen LogP contribution is -2.41. The quantitative estimate of drug-likeness (QED) is 0.905. The zero-order valence-corrected chi connectivity index (χ0v) is 14.4. The number of nitrogens with one attached hydrogen (secondary N) is 1. The molecule has 0 unspecified atom stereocenters. The van der Waals surface area contributed by atoms with Crippen molar-refractivity contribution < 1.29 is 4.79 Å². The van der Waals surface area contributed by atoms with E-state index in [1.165, 1.54) is 0 Å². The van der Waals surface area contributed by atoms with Gasteiger partial charge in [0.05, 0.1) is 5.52 Å². The molecule has 1 saturated heterocycles. The summed E-state index contributed by atoms with van der Waals surface area (Å²) in [4.78, 5) is 29.6. The van der Waals surface area contributed by atoms with Gasteiger partial charge in [-0.1, -0.05) is 18.6 Å². The fourth-order valence-electron chi connectivity index (χ4n) is 3.75. The lowest BCUT2D eigenvalue weighted by Gasteiger charge is -2.35. The number of primary amides is 1. The summed E-state index contributed by atoms with van der Waals surface area (Å²) in [6.45, 7) is 5.56. The van der Waals surface area contributed by atoms with Gasteiger partial charge >= 0.3 is 0 Å². The highest BCUT2D eigenvalue weighted by Crippen LogP contribution is 2.23. The second-order valence-corrected chi connectivity index (χ2v) is 6.90. The molecule has 1 aromatic carbocycles. The number of aromatic nitrogens is 1. The zero-order valence-electron chi connectivity index (χ0n) is 14.4. The van der Waals surface area contributed by atoms with Crippen LogP contribution in [0, 0.1) is 13.8 Å². The van der Waals surface area contributed by atoms with Crippen molar-refractivity contribution in [3.63, 3.8) is 0 Å². The minimum atomic E-state index is -0.259. The Morgan fingerprint density at radius 1 is 1.29 bits per heavy atom. The lowest BCUT2D eigenvalue weighted by atomic mass is 9.98. The van der Waals surface area contributed by atoms with E-state index < -0.39 is 0 Å². The molecule has 0 aliphatic carbocycles. The Morgan fingerprint density at radius 3 is 2.79 bits per heavy atom. The largest absolute Gasteiger partial charge is 0.370 e. The van der Waals surface area contributed by atoms with Gasteiger partial charge < -0.3 is 10.7 Å². The molecule has 0 spiro atoms. The first-order valence-corrected chi connectivity index (χ1v) is 8.60. The molecule has 3 rings (SSSR count). The Morgan fingerprint density at radius 2 is 2.04 bits per heavy atom. The normalized spacial score (nSPS) is 18.8. The number of carbonyl (C=O) groups excluding carboxylic acids is 1. The molecule has 2 heterocycles. The maximum Gasteiger partial charge on any atom is 0.218 e. The van der Waals surface area contributed by atoms with E-state index in [2.05, 4.69) is 9.88 Å². The van der Waals surface area contributed by atoms with Crippen LogP contribution in [0.2, 0.25) is 0 Å². The number of amides is 1. The standard InChI is InChI=1S/C19H25N3O2/c1-12-6-7-13(2)19-18(12)16(23)9-14(21-19)11-22-8-4-3-5-15(22)10-17(20)24/h6-7,9,15H,3-5,8,10-11H2,1-2H3,(H2,20,24)(H,21,23)/t15-/m0/s1. The van der Waals surface area contributed by atoms with Gasteiger partial charge in [0.25, 0.3) is 0 Å². The molecule has 128 valence electrons. The van der Waals surface area contributed by atoms with Gasteiger partial charge in [0.15, 0.2) is 5.43 Å². The molecule has 1 amide bonds. The fourth-order valence-corrected chi connectivity index (χ4v) is 3.75. The Bertz CT molecular complexity index is 825. The highest BCUT2D eigenvalue weighted by molar-refractivity contribution is 5.84. The summed E-state index contributed by atoms with van der Waals surface area (Å²) in [5.41, 5.74) is 9.33. The van der Waals surface area contributed by atoms with E-state index >= 15 is 0 Å². The summed E-state index contributed by atoms with van der Waals surface area (Å²) in [7, 11) is 0. The third-order valence-corrected chi connectivity index (χ3v) is 5.02. The van der Waals surface area contributed by atoms with Crippen LogP contribution in [0.4, 0.5) is 0 Å². The van der Waals surface area contributed by atoms with Crippen molar-refractivity contribution in [3.05, 3.63) is 45.2 Å². The van der Waals surface area contributed by atoms with Gasteiger partial charge in [-0.05, 0) is 44.4 Å². The predicted molar refractivity (Wildman–Crippen MR) is 95.9 cm³/mol. The molecule has 0 saturated carbocycles. The minimum Gasteiger partial charge on any atom is -0.370 e. The van der Waals surface area contributed by atoms with E-state index in [9.17, 15) is 9.59 Å². The highest BCUT2D eigenvalue weighted by atomic mass is 16.1. The highest BCUT2D eigenvalue weighted by Gasteiger charge is 2.24. The first kappa shape index (κ1) is 16.7. The third kappa shape index (κ3) is 3.36. The lowest BCUT2D eigenvalue weighted by molar-refractivity contribution is -0.119. The van der Waals surface area contributed by atoms with E-state index in [1.807, 2.05) is 26.0 Å². The number of H-pyrrole nitrogens is 1. The second kappa shape index (κ2) is 6.77. The first-order valence-electron chi connectivity index (χ1n) is 8.60. The molecule has 1 fully saturated rings. The van der Waals surface area contributed by atoms with Gasteiger partial charge in [-0.2, -0.15) is 0 Å². The number of carbonyl (C=O) groups is 1. The minimum absolute atomic E-state index is 0.0587. The topological polar surface area (TPSA) is 79.2 Å². The van der Waals surface area contributed by atoms with Gasteiger partial charge in [0, 0.05) is 36.2 Å². The Labute approximate surface area is 141 Å². The average molecular weight is 327 g/mol. The van der Waals surface area contributed by atoms with Crippen LogP contribution in [0.25, 0.3) is 10.9 Å². The van der Waals surface area contributed by atoms with Crippen LogP contribution in [0.5, 0.6) is 0 Å². The van der Waals surface area contributed by atoms with Gasteiger partial charge in [-0.25, -0.2) is 0 Å². The smallest absolute Gasteiger partial charge is 0.218 e. The second-order valence-electron chi connectivity index (χ2n) is 6.90. The molecule has 0 radical (unpaired) electrons. The summed E-state index contributed by atoms with van der Waals surface area (Å²) in [6.07, 6.45) is 3.61. The number of benzene rings is 1. The number of piperidine rings is 1. The number of hydrogen-bond acceptors (Lipinski definition) is 3. The molecule has 5 heteroatoms. The van der Waals surface area contributed by atoms with Crippen molar-refractivity contribution in [1.29, 1.82) is 0 Å². The predicted octanol–water partition coefficient (Wildman–Crippen LogP) is 2.37. The van der Waals surface area contributed by atoms with Crippen LogP contribution in [0.15, 0.2) is 23.0 Å². The molecule has 24 heavy (non-hydrogen) atoms. The van der Waals surface area contributed by atoms with Gasteiger partial charge in [0.2, 0.25) is 5.91 Å². The molecule has 1 aliphatic heterocycles. The molecule has 2 aromatic rings. The third-order valence-electron chi connectivity index (χ3n) is 5.02. The van der Waals surface area contributed by atoms with E-state index in [1.54, 1.807) is 6.07 Å². The number of hydrogen-bond donors (Lipinski definition) is 2. The number of pyridine rings is 1. The maximum absolute atomic E-state index is 12.6. The van der Waals surface area contributed by atoms with Crippen molar-refractivity contribution in [1.82, 2.24) is 9.88 Å². The fraction of sp³-hybridized carbons (Fsp3) is 0.474. The van der Waals surface area contributed by atoms with Crippen LogP contribution in [-0.2, 0) is 11.3 Å². The van der Waals surface area contributed by atoms with Crippen LogP contribution in [0.3, 0.4) is 0 Å². The van der Waals surface area contributed by atoms with Crippen molar-refractivity contribution in [2.75, 3.05) is 6.54 Å². The summed E-state index contributed by atoms with van der Waals surface area (Å²) >= 11 is 0. The van der Waals surface area contributed by atoms with Crippen molar-refractivity contribution in [2.45, 2.75) is 52.1 Å². The van der Waals surface area contributed by atoms with Gasteiger partial charge in [-0.3, -0.25) is 14.5 Å². The summed E-state index contributed by atoms with van der Waals surface area (Å²) in [5, 5.41) is 0.770. The van der Waals surface area contributed by atoms with Crippen molar-refractivity contribution >= 4 is 16.8 Å². The number of nitrogens with two attached hydrogens (primary N) is 1. The summed E-state index contributed by atoms with van der Waals surface area (Å²) < 4.78 is 0. The molecular weight excluding hydrogens is 302 g/mol. The molecular formula is C19H25N3O2. The Hall–Kier alpha value is -2.14. The molecule has 1 aliphatic rings. The average Bonchev–Trinajstić information content (AvgIpc) is 2.52. The van der Waals surface area contributed by atoms with Gasteiger partial charge in [-0.15, -0.1) is 0 Å². The Kier molecular flexibility index (Phi) is 4.71. The van der Waals surface area contributed by atoms with Crippen LogP contribution in [-0.4, -0.2) is 28.4 Å². The number of aromatic amines is 1. The van der Waals surface area contributed by atoms with Crippen LogP contribution >= 0.6 is 0 Å². The van der Waals surface area contributed by atoms with E-state index in [0.29, 0.717) is 13.0 Å². The SMILES string of the molecule is Cc1ccc(C)c2c(=O)cc(CN3CCCC[C@H]3CC(N)=O)[nH]c12. The summed E-state index contributed by atoms with van der Waals surface area (Å²) in [6, 6.07) is 5.90. The molecule has 1 atom stereocenters. The van der Waals surface area contributed by atoms with Crippen molar-refractivity contribution in [3.8, 4) is 0 Å². The zero-order chi connectivity index (χ0) is 17.3. The van der Waals surface area contributed by atoms with Crippen molar-refractivity contribution in [2.24, 2.45) is 5.73 Å². The number of aryl methyl sites for hydroxylation is 2. The molecule has 0 bridgehead atoms. The van der Waals surface area contributed by atoms with Crippen LogP contribution in [0.1, 0.15) is 42.5 Å². The van der Waals surface area contributed by atoms with E-state index in [0.717, 1.165) is 53.5 Å². The number of nitrogens with zero attached hydrogens (tertiary/aromatic N) is 1. The van der Waals surface area contributed by atoms with Gasteiger partial charge in [0.1, 0.15) is 0 Å². The maximum atomic E-state index is 12.6. The summed E-state index contributed by atoms with van der Waals surface area (Å²) in [5.74, 6) is -0.259. The van der Waals surface area contributed by atoms with Crippen LogP contribution < -0.4 is 11.2 Å². The monoisotopic (exact) mass is 327 g/mol. The molecule has 5 nitrogen and oxygen atoms in total. The first-order chi connectivity index (χ1) is 11.5. The Balaban J connectivity index is 1.93. The van der Waals surface area contributed by atoms with E-state index in [-0.39, 0.29) is 17.4 Å². The molecule has 1 aromatic heterocycles. The number of fused-ring (bicyclic) bond motifs is 1.